The molecule has 1 aromatic rings. The van der Waals surface area contributed by atoms with E-state index in [9.17, 15) is 0 Å². The largest absolute Gasteiger partial charge is 0.493 e. The van der Waals surface area contributed by atoms with Crippen molar-refractivity contribution in [2.45, 2.75) is 33.1 Å². The number of nitrogens with one attached hydrogen (secondary N) is 1. The van der Waals surface area contributed by atoms with Crippen molar-refractivity contribution in [1.29, 1.82) is 0 Å². The molecule has 1 aromatic carbocycles. The van der Waals surface area contributed by atoms with E-state index in [4.69, 9.17) is 4.74 Å². The summed E-state index contributed by atoms with van der Waals surface area (Å²) in [5.74, 6) is 1.04. The number of aryl methyl sites for hydroxylation is 1. The van der Waals surface area contributed by atoms with Gasteiger partial charge in [-0.25, -0.2) is 0 Å². The molecule has 1 rings (SSSR count). The molecule has 0 saturated heterocycles. The second kappa shape index (κ2) is 7.29. The van der Waals surface area contributed by atoms with E-state index in [2.05, 4.69) is 37.4 Å². The maximum Gasteiger partial charge on any atom is 0.122 e. The minimum absolute atomic E-state index is 0.827. The van der Waals surface area contributed by atoms with Crippen LogP contribution in [0.1, 0.15) is 30.4 Å². The number of unbranched alkanes of at least 4 members (excludes halogenated alkanes) is 2. The van der Waals surface area contributed by atoms with Crippen LogP contribution in [-0.2, 0) is 0 Å². The fourth-order valence-electron chi connectivity index (χ4n) is 1.64. The number of rotatable bonds is 7. The van der Waals surface area contributed by atoms with Gasteiger partial charge in [-0.1, -0.05) is 12.1 Å². The Balaban J connectivity index is 2.24. The Morgan fingerprint density at radius 2 is 1.94 bits per heavy atom. The topological polar surface area (TPSA) is 21.3 Å². The zero-order valence-corrected chi connectivity index (χ0v) is 10.7. The molecule has 0 atom stereocenters. The van der Waals surface area contributed by atoms with E-state index < -0.39 is 0 Å². The molecule has 0 aliphatic carbocycles. The van der Waals surface area contributed by atoms with Crippen LogP contribution in [0.5, 0.6) is 5.75 Å². The monoisotopic (exact) mass is 221 g/mol. The van der Waals surface area contributed by atoms with Crippen molar-refractivity contribution in [2.24, 2.45) is 0 Å². The number of hydrogen-bond donors (Lipinski definition) is 1. The van der Waals surface area contributed by atoms with Crippen LogP contribution in [0.4, 0.5) is 0 Å². The van der Waals surface area contributed by atoms with Gasteiger partial charge in [0, 0.05) is 0 Å². The highest BCUT2D eigenvalue weighted by atomic mass is 16.5. The summed E-state index contributed by atoms with van der Waals surface area (Å²) in [6, 6.07) is 6.23. The predicted molar refractivity (Wildman–Crippen MR) is 69.2 cm³/mol. The highest BCUT2D eigenvalue weighted by Crippen LogP contribution is 2.20. The lowest BCUT2D eigenvalue weighted by atomic mass is 10.1. The molecule has 0 aliphatic heterocycles. The number of benzene rings is 1. The fourth-order valence-corrected chi connectivity index (χ4v) is 1.64. The minimum Gasteiger partial charge on any atom is -0.493 e. The average molecular weight is 221 g/mol. The zero-order valence-electron chi connectivity index (χ0n) is 10.7. The second-order valence-electron chi connectivity index (χ2n) is 4.21. The minimum atomic E-state index is 0.827. The van der Waals surface area contributed by atoms with E-state index in [1.54, 1.807) is 0 Å². The van der Waals surface area contributed by atoms with Gasteiger partial charge in [0.05, 0.1) is 6.61 Å². The van der Waals surface area contributed by atoms with E-state index in [0.717, 1.165) is 25.3 Å². The first-order chi connectivity index (χ1) is 7.75. The maximum atomic E-state index is 5.78. The van der Waals surface area contributed by atoms with Gasteiger partial charge in [-0.05, 0) is 63.9 Å². The van der Waals surface area contributed by atoms with E-state index in [-0.39, 0.29) is 0 Å². The molecule has 2 nitrogen and oxygen atoms in total. The Morgan fingerprint density at radius 1 is 1.12 bits per heavy atom. The SMILES string of the molecule is CNCCCCCOc1cccc(C)c1C. The molecule has 0 heterocycles. The molecule has 0 bridgehead atoms. The van der Waals surface area contributed by atoms with Crippen LogP contribution in [0, 0.1) is 13.8 Å². The van der Waals surface area contributed by atoms with Crippen LogP contribution >= 0.6 is 0 Å². The normalized spacial score (nSPS) is 10.4. The van der Waals surface area contributed by atoms with Gasteiger partial charge in [0.2, 0.25) is 0 Å². The van der Waals surface area contributed by atoms with Crippen molar-refractivity contribution in [3.8, 4) is 5.75 Å². The van der Waals surface area contributed by atoms with E-state index in [0.29, 0.717) is 0 Å². The smallest absolute Gasteiger partial charge is 0.122 e. The molecule has 0 aromatic heterocycles. The highest BCUT2D eigenvalue weighted by Gasteiger charge is 2.00. The second-order valence-corrected chi connectivity index (χ2v) is 4.21. The fraction of sp³-hybridized carbons (Fsp3) is 0.571. The number of ether oxygens (including phenoxy) is 1. The predicted octanol–water partition coefficient (Wildman–Crippen LogP) is 3.07. The standard InChI is InChI=1S/C14H23NO/c1-12-8-7-9-14(13(12)2)16-11-6-4-5-10-15-3/h7-9,15H,4-6,10-11H2,1-3H3. The quantitative estimate of drug-likeness (QED) is 0.714. The molecule has 0 spiro atoms. The van der Waals surface area contributed by atoms with Gasteiger partial charge in [-0.3, -0.25) is 0 Å². The molecule has 2 heteroatoms. The lowest BCUT2D eigenvalue weighted by molar-refractivity contribution is 0.303. The van der Waals surface area contributed by atoms with Gasteiger partial charge in [-0.15, -0.1) is 0 Å². The first kappa shape index (κ1) is 13.0. The first-order valence-corrected chi connectivity index (χ1v) is 6.09. The van der Waals surface area contributed by atoms with Gasteiger partial charge in [0.25, 0.3) is 0 Å². The van der Waals surface area contributed by atoms with Crippen LogP contribution in [0.3, 0.4) is 0 Å². The lowest BCUT2D eigenvalue weighted by Gasteiger charge is -2.10. The van der Waals surface area contributed by atoms with Crippen molar-refractivity contribution < 1.29 is 4.74 Å². The Kier molecular flexibility index (Phi) is 5.94. The number of hydrogen-bond acceptors (Lipinski definition) is 2. The molecule has 0 saturated carbocycles. The zero-order chi connectivity index (χ0) is 11.8. The molecule has 0 radical (unpaired) electrons. The van der Waals surface area contributed by atoms with Crippen LogP contribution in [-0.4, -0.2) is 20.2 Å². The van der Waals surface area contributed by atoms with Gasteiger partial charge in [0.15, 0.2) is 0 Å². The molecule has 0 fully saturated rings. The third kappa shape index (κ3) is 4.23. The van der Waals surface area contributed by atoms with Crippen molar-refractivity contribution in [3.05, 3.63) is 29.3 Å². The lowest BCUT2D eigenvalue weighted by Crippen LogP contribution is -2.08. The van der Waals surface area contributed by atoms with Crippen LogP contribution in [0.15, 0.2) is 18.2 Å². The van der Waals surface area contributed by atoms with Crippen molar-refractivity contribution >= 4 is 0 Å². The van der Waals surface area contributed by atoms with Crippen molar-refractivity contribution in [2.75, 3.05) is 20.2 Å². The van der Waals surface area contributed by atoms with Gasteiger partial charge >= 0.3 is 0 Å². The summed E-state index contributed by atoms with van der Waals surface area (Å²) in [4.78, 5) is 0. The Labute approximate surface area is 99.0 Å². The van der Waals surface area contributed by atoms with Crippen LogP contribution < -0.4 is 10.1 Å². The third-order valence-electron chi connectivity index (χ3n) is 2.88. The molecule has 0 unspecified atom stereocenters. The summed E-state index contributed by atoms with van der Waals surface area (Å²) < 4.78 is 5.78. The average Bonchev–Trinajstić information content (AvgIpc) is 2.29. The van der Waals surface area contributed by atoms with E-state index in [1.165, 1.54) is 24.0 Å². The summed E-state index contributed by atoms with van der Waals surface area (Å²) in [5, 5.41) is 3.15. The highest BCUT2D eigenvalue weighted by molar-refractivity contribution is 5.38. The van der Waals surface area contributed by atoms with Gasteiger partial charge < -0.3 is 10.1 Å². The Morgan fingerprint density at radius 3 is 2.69 bits per heavy atom. The molecule has 0 aliphatic rings. The summed E-state index contributed by atoms with van der Waals surface area (Å²) in [6.07, 6.45) is 3.59. The van der Waals surface area contributed by atoms with E-state index >= 15 is 0 Å². The Bertz CT molecular complexity index is 310. The summed E-state index contributed by atoms with van der Waals surface area (Å²) in [5.41, 5.74) is 2.56. The van der Waals surface area contributed by atoms with Gasteiger partial charge in [0.1, 0.15) is 5.75 Å². The van der Waals surface area contributed by atoms with E-state index in [1.807, 2.05) is 7.05 Å². The third-order valence-corrected chi connectivity index (χ3v) is 2.88. The summed E-state index contributed by atoms with van der Waals surface area (Å²) in [7, 11) is 1.99. The maximum absolute atomic E-state index is 5.78. The van der Waals surface area contributed by atoms with Crippen LogP contribution in [0.2, 0.25) is 0 Å². The molecule has 0 amide bonds. The molecule has 90 valence electrons. The first-order valence-electron chi connectivity index (χ1n) is 6.09. The van der Waals surface area contributed by atoms with Crippen molar-refractivity contribution in [3.63, 3.8) is 0 Å². The summed E-state index contributed by atoms with van der Waals surface area (Å²) >= 11 is 0. The van der Waals surface area contributed by atoms with Crippen LogP contribution in [0.25, 0.3) is 0 Å². The van der Waals surface area contributed by atoms with Crippen molar-refractivity contribution in [1.82, 2.24) is 5.32 Å². The molecular weight excluding hydrogens is 198 g/mol. The Hall–Kier alpha value is -1.02. The molecule has 1 N–H and O–H groups in total. The molecular formula is C14H23NO. The summed E-state index contributed by atoms with van der Waals surface area (Å²) in [6.45, 7) is 6.16. The van der Waals surface area contributed by atoms with Gasteiger partial charge in [-0.2, -0.15) is 0 Å². The molecule has 16 heavy (non-hydrogen) atoms.